The van der Waals surface area contributed by atoms with Crippen LogP contribution in [-0.4, -0.2) is 42.0 Å². The van der Waals surface area contributed by atoms with Crippen LogP contribution in [0, 0.1) is 0 Å². The standard InChI is InChI=1S/C29H29N5O4S/c1-18-25(27(35)31-23-10-5-6-11-24(23)38-4)26(20-12-14-21(36-2)15-13-20)34-28(30-18)32-29(33-34)39-17-19-8-7-9-22(16-19)37-3/h5-16,26H,17H2,1-4H3,(H,31,35)(H,30,32,33). The average molecular weight is 544 g/mol. The van der Waals surface area contributed by atoms with E-state index in [1.165, 1.54) is 11.8 Å². The number of nitrogens with one attached hydrogen (secondary N) is 2. The van der Waals surface area contributed by atoms with Crippen LogP contribution in [0.25, 0.3) is 0 Å². The Morgan fingerprint density at radius 1 is 0.974 bits per heavy atom. The lowest BCUT2D eigenvalue weighted by molar-refractivity contribution is -0.113. The topological polar surface area (TPSA) is 99.5 Å². The number of fused-ring (bicyclic) bond motifs is 1. The second kappa shape index (κ2) is 11.5. The van der Waals surface area contributed by atoms with Crippen LogP contribution in [0.5, 0.6) is 17.2 Å². The molecule has 0 saturated heterocycles. The Bertz CT molecular complexity index is 1520. The number of allylic oxidation sites excluding steroid dienone is 1. The molecule has 3 aromatic carbocycles. The van der Waals surface area contributed by atoms with Gasteiger partial charge in [0.2, 0.25) is 11.1 Å². The first-order valence-corrected chi connectivity index (χ1v) is 13.3. The Labute approximate surface area is 231 Å². The van der Waals surface area contributed by atoms with Crippen molar-refractivity contribution in [3.05, 3.63) is 95.2 Å². The molecule has 1 unspecified atom stereocenters. The maximum atomic E-state index is 13.8. The molecule has 10 heteroatoms. The third-order valence-electron chi connectivity index (χ3n) is 6.37. The molecule has 200 valence electrons. The lowest BCUT2D eigenvalue weighted by Crippen LogP contribution is -2.31. The zero-order chi connectivity index (χ0) is 27.4. The summed E-state index contributed by atoms with van der Waals surface area (Å²) in [5.74, 6) is 3.07. The smallest absolute Gasteiger partial charge is 0.255 e. The van der Waals surface area contributed by atoms with Crippen LogP contribution in [-0.2, 0) is 10.5 Å². The molecule has 0 saturated carbocycles. The van der Waals surface area contributed by atoms with Crippen LogP contribution in [0.2, 0.25) is 0 Å². The number of aromatic nitrogens is 3. The summed E-state index contributed by atoms with van der Waals surface area (Å²) in [5.41, 5.74) is 3.76. The molecular formula is C29H29N5O4S. The Kier molecular flexibility index (Phi) is 7.74. The molecule has 4 aromatic rings. The zero-order valence-electron chi connectivity index (χ0n) is 22.1. The molecule has 0 aliphatic carbocycles. The van der Waals surface area contributed by atoms with Gasteiger partial charge in [-0.15, -0.1) is 5.10 Å². The zero-order valence-corrected chi connectivity index (χ0v) is 22.9. The minimum Gasteiger partial charge on any atom is -0.497 e. The van der Waals surface area contributed by atoms with Gasteiger partial charge < -0.3 is 24.8 Å². The van der Waals surface area contributed by atoms with Crippen molar-refractivity contribution in [2.75, 3.05) is 32.0 Å². The third kappa shape index (κ3) is 5.56. The van der Waals surface area contributed by atoms with Crippen molar-refractivity contribution >= 4 is 29.3 Å². The Morgan fingerprint density at radius 2 is 1.74 bits per heavy atom. The number of hydrogen-bond acceptors (Lipinski definition) is 8. The predicted octanol–water partition coefficient (Wildman–Crippen LogP) is 5.52. The lowest BCUT2D eigenvalue weighted by Gasteiger charge is -2.29. The van der Waals surface area contributed by atoms with Crippen molar-refractivity contribution in [1.82, 2.24) is 14.8 Å². The third-order valence-corrected chi connectivity index (χ3v) is 7.28. The van der Waals surface area contributed by atoms with Crippen molar-refractivity contribution in [3.63, 3.8) is 0 Å². The van der Waals surface area contributed by atoms with Crippen LogP contribution in [0.15, 0.2) is 89.2 Å². The van der Waals surface area contributed by atoms with E-state index in [4.69, 9.17) is 24.3 Å². The summed E-state index contributed by atoms with van der Waals surface area (Å²) in [7, 11) is 4.85. The highest BCUT2D eigenvalue weighted by Crippen LogP contribution is 2.38. The maximum absolute atomic E-state index is 13.8. The van der Waals surface area contributed by atoms with E-state index in [0.717, 1.165) is 22.6 Å². The number of para-hydroxylation sites is 2. The van der Waals surface area contributed by atoms with Gasteiger partial charge in [0.25, 0.3) is 5.91 Å². The fourth-order valence-corrected chi connectivity index (χ4v) is 5.20. The minimum absolute atomic E-state index is 0.267. The summed E-state index contributed by atoms with van der Waals surface area (Å²) in [6.45, 7) is 1.87. The van der Waals surface area contributed by atoms with E-state index in [1.54, 1.807) is 38.1 Å². The van der Waals surface area contributed by atoms with Crippen LogP contribution < -0.4 is 24.8 Å². The van der Waals surface area contributed by atoms with Gasteiger partial charge in [0, 0.05) is 11.4 Å². The Hall–Kier alpha value is -4.44. The molecular weight excluding hydrogens is 514 g/mol. The highest BCUT2D eigenvalue weighted by molar-refractivity contribution is 7.98. The summed E-state index contributed by atoms with van der Waals surface area (Å²) < 4.78 is 17.9. The molecule has 2 heterocycles. The predicted molar refractivity (Wildman–Crippen MR) is 152 cm³/mol. The molecule has 1 aliphatic heterocycles. The monoisotopic (exact) mass is 543 g/mol. The van der Waals surface area contributed by atoms with E-state index < -0.39 is 6.04 Å². The van der Waals surface area contributed by atoms with E-state index >= 15 is 0 Å². The quantitative estimate of drug-likeness (QED) is 0.266. The highest BCUT2D eigenvalue weighted by Gasteiger charge is 2.34. The van der Waals surface area contributed by atoms with Gasteiger partial charge in [-0.2, -0.15) is 4.98 Å². The molecule has 0 spiro atoms. The normalized spacial score (nSPS) is 14.3. The molecule has 1 aliphatic rings. The first-order chi connectivity index (χ1) is 19.0. The van der Waals surface area contributed by atoms with Crippen LogP contribution in [0.3, 0.4) is 0 Å². The molecule has 0 bridgehead atoms. The van der Waals surface area contributed by atoms with Gasteiger partial charge in [-0.1, -0.05) is 48.2 Å². The second-order valence-corrected chi connectivity index (χ2v) is 9.74. The van der Waals surface area contributed by atoms with E-state index in [2.05, 4.69) is 10.6 Å². The first-order valence-electron chi connectivity index (χ1n) is 12.3. The maximum Gasteiger partial charge on any atom is 0.255 e. The number of benzene rings is 3. The van der Waals surface area contributed by atoms with E-state index in [-0.39, 0.29) is 5.91 Å². The van der Waals surface area contributed by atoms with Gasteiger partial charge in [-0.25, -0.2) is 4.68 Å². The molecule has 1 aromatic heterocycles. The molecule has 0 fully saturated rings. The number of carbonyl (C=O) groups excluding carboxylic acids is 1. The van der Waals surface area contributed by atoms with Crippen molar-refractivity contribution in [2.45, 2.75) is 23.9 Å². The summed E-state index contributed by atoms with van der Waals surface area (Å²) in [4.78, 5) is 18.5. The number of rotatable bonds is 9. The van der Waals surface area contributed by atoms with Gasteiger partial charge in [0.05, 0.1) is 32.6 Å². The SMILES string of the molecule is COc1ccc(C2C(C(=O)Nc3ccccc3OC)=C(C)Nc3nc(SCc4cccc(OC)c4)nn32)cc1. The largest absolute Gasteiger partial charge is 0.497 e. The fraction of sp³-hybridized carbons (Fsp3) is 0.207. The van der Waals surface area contributed by atoms with Gasteiger partial charge in [-0.3, -0.25) is 4.79 Å². The number of hydrogen-bond donors (Lipinski definition) is 2. The number of carbonyl (C=O) groups is 1. The van der Waals surface area contributed by atoms with Gasteiger partial charge >= 0.3 is 0 Å². The number of methoxy groups -OCH3 is 3. The number of thioether (sulfide) groups is 1. The second-order valence-electron chi connectivity index (χ2n) is 8.80. The molecule has 0 radical (unpaired) electrons. The Morgan fingerprint density at radius 3 is 2.49 bits per heavy atom. The number of amides is 1. The number of anilines is 2. The van der Waals surface area contributed by atoms with Crippen LogP contribution in [0.1, 0.15) is 24.1 Å². The number of ether oxygens (including phenoxy) is 3. The van der Waals surface area contributed by atoms with E-state index in [1.807, 2.05) is 67.6 Å². The molecule has 1 amide bonds. The van der Waals surface area contributed by atoms with E-state index in [9.17, 15) is 4.79 Å². The first kappa shape index (κ1) is 26.2. The molecule has 39 heavy (non-hydrogen) atoms. The van der Waals surface area contributed by atoms with Crippen molar-refractivity contribution in [1.29, 1.82) is 0 Å². The van der Waals surface area contributed by atoms with Gasteiger partial charge in [0.1, 0.15) is 23.3 Å². The minimum atomic E-state index is -0.513. The van der Waals surface area contributed by atoms with Crippen molar-refractivity contribution < 1.29 is 19.0 Å². The summed E-state index contributed by atoms with van der Waals surface area (Å²) >= 11 is 1.51. The molecule has 9 nitrogen and oxygen atoms in total. The molecule has 2 N–H and O–H groups in total. The number of nitrogens with zero attached hydrogens (tertiary/aromatic N) is 3. The van der Waals surface area contributed by atoms with Crippen LogP contribution >= 0.6 is 11.8 Å². The molecule has 1 atom stereocenters. The van der Waals surface area contributed by atoms with Gasteiger partial charge in [-0.05, 0) is 54.4 Å². The fourth-order valence-electron chi connectivity index (χ4n) is 4.43. The highest BCUT2D eigenvalue weighted by atomic mass is 32.2. The summed E-state index contributed by atoms with van der Waals surface area (Å²) in [5, 5.41) is 11.7. The van der Waals surface area contributed by atoms with Crippen molar-refractivity contribution in [3.8, 4) is 17.2 Å². The summed E-state index contributed by atoms with van der Waals surface area (Å²) in [6.07, 6.45) is 0. The van der Waals surface area contributed by atoms with E-state index in [0.29, 0.717) is 39.6 Å². The lowest BCUT2D eigenvalue weighted by atomic mass is 9.95. The van der Waals surface area contributed by atoms with Gasteiger partial charge in [0.15, 0.2) is 0 Å². The molecule has 5 rings (SSSR count). The van der Waals surface area contributed by atoms with Crippen LogP contribution in [0.4, 0.5) is 11.6 Å². The average Bonchev–Trinajstić information content (AvgIpc) is 3.38. The summed E-state index contributed by atoms with van der Waals surface area (Å²) in [6, 6.07) is 22.3. The Balaban J connectivity index is 1.48. The van der Waals surface area contributed by atoms with Crippen molar-refractivity contribution in [2.24, 2.45) is 0 Å².